The van der Waals surface area contributed by atoms with Gasteiger partial charge in [0.05, 0.1) is 22.1 Å². The summed E-state index contributed by atoms with van der Waals surface area (Å²) in [5.74, 6) is 0. The van der Waals surface area contributed by atoms with E-state index in [1.807, 2.05) is 19.2 Å². The van der Waals surface area contributed by atoms with E-state index in [2.05, 4.69) is 21.0 Å². The Hall–Kier alpha value is -1.69. The molecule has 0 unspecified atom stereocenters. The van der Waals surface area contributed by atoms with Crippen LogP contribution in [0, 0.1) is 17.0 Å². The molecule has 17 heavy (non-hydrogen) atoms. The molecule has 1 aromatic carbocycles. The van der Waals surface area contributed by atoms with Crippen molar-refractivity contribution in [3.8, 4) is 0 Å². The van der Waals surface area contributed by atoms with E-state index in [4.69, 9.17) is 0 Å². The quantitative estimate of drug-likeness (QED) is 0.646. The van der Waals surface area contributed by atoms with Gasteiger partial charge in [-0.2, -0.15) is 5.10 Å². The third-order valence-corrected chi connectivity index (χ3v) is 2.98. The highest BCUT2D eigenvalue weighted by Gasteiger charge is 2.12. The predicted octanol–water partition coefficient (Wildman–Crippen LogP) is 2.91. The lowest BCUT2D eigenvalue weighted by molar-refractivity contribution is -0.385. The zero-order valence-corrected chi connectivity index (χ0v) is 10.7. The average molecular weight is 296 g/mol. The first-order chi connectivity index (χ1) is 8.06. The number of halogens is 1. The van der Waals surface area contributed by atoms with Gasteiger partial charge >= 0.3 is 0 Å². The first kappa shape index (κ1) is 11.8. The summed E-state index contributed by atoms with van der Waals surface area (Å²) in [5.41, 5.74) is 1.99. The Labute approximate surface area is 106 Å². The van der Waals surface area contributed by atoms with Crippen LogP contribution in [0.2, 0.25) is 0 Å². The molecule has 0 aliphatic carbocycles. The van der Waals surface area contributed by atoms with Crippen LogP contribution < -0.4 is 0 Å². The van der Waals surface area contributed by atoms with Crippen molar-refractivity contribution in [3.05, 3.63) is 56.3 Å². The van der Waals surface area contributed by atoms with Crippen LogP contribution in [0.3, 0.4) is 0 Å². The molecule has 0 atom stereocenters. The Morgan fingerprint density at radius 3 is 2.88 bits per heavy atom. The molecule has 2 rings (SSSR count). The lowest BCUT2D eigenvalue weighted by atomic mass is 10.2. The van der Waals surface area contributed by atoms with E-state index < -0.39 is 4.92 Å². The number of aromatic nitrogens is 2. The van der Waals surface area contributed by atoms with Crippen molar-refractivity contribution in [2.75, 3.05) is 0 Å². The van der Waals surface area contributed by atoms with Gasteiger partial charge in [-0.05, 0) is 40.0 Å². The zero-order valence-electron chi connectivity index (χ0n) is 9.13. The summed E-state index contributed by atoms with van der Waals surface area (Å²) in [6, 6.07) is 5.08. The third kappa shape index (κ3) is 2.71. The van der Waals surface area contributed by atoms with Gasteiger partial charge in [0.15, 0.2) is 0 Å². The molecule has 88 valence electrons. The van der Waals surface area contributed by atoms with Gasteiger partial charge in [-0.1, -0.05) is 6.07 Å². The highest BCUT2D eigenvalue weighted by atomic mass is 79.9. The molecule has 0 bridgehead atoms. The fourth-order valence-corrected chi connectivity index (χ4v) is 1.93. The van der Waals surface area contributed by atoms with Gasteiger partial charge in [-0.3, -0.25) is 14.8 Å². The summed E-state index contributed by atoms with van der Waals surface area (Å²) >= 11 is 3.16. The summed E-state index contributed by atoms with van der Waals surface area (Å²) in [7, 11) is 0. The molecule has 0 aliphatic rings. The normalized spacial score (nSPS) is 10.5. The SMILES string of the molecule is Cc1cnn(Cc2ccc(Br)c([N+](=O)[O-])c2)c1. The number of nitrogens with zero attached hydrogens (tertiary/aromatic N) is 3. The number of aryl methyl sites for hydroxylation is 1. The molecule has 6 heteroatoms. The molecule has 0 fully saturated rings. The summed E-state index contributed by atoms with van der Waals surface area (Å²) in [5, 5.41) is 14.9. The Balaban J connectivity index is 2.28. The maximum absolute atomic E-state index is 10.8. The van der Waals surface area contributed by atoms with E-state index >= 15 is 0 Å². The van der Waals surface area contributed by atoms with E-state index in [0.717, 1.165) is 11.1 Å². The number of hydrogen-bond acceptors (Lipinski definition) is 3. The van der Waals surface area contributed by atoms with Crippen molar-refractivity contribution in [2.24, 2.45) is 0 Å². The number of rotatable bonds is 3. The zero-order chi connectivity index (χ0) is 12.4. The van der Waals surface area contributed by atoms with Crippen molar-refractivity contribution in [1.82, 2.24) is 9.78 Å². The van der Waals surface area contributed by atoms with Crippen molar-refractivity contribution in [2.45, 2.75) is 13.5 Å². The lowest BCUT2D eigenvalue weighted by Gasteiger charge is -2.03. The number of benzene rings is 1. The van der Waals surface area contributed by atoms with Crippen molar-refractivity contribution >= 4 is 21.6 Å². The predicted molar refractivity (Wildman–Crippen MR) is 66.9 cm³/mol. The maximum atomic E-state index is 10.8. The van der Waals surface area contributed by atoms with Crippen LogP contribution in [0.1, 0.15) is 11.1 Å². The molecule has 0 radical (unpaired) electrons. The molecule has 5 nitrogen and oxygen atoms in total. The summed E-state index contributed by atoms with van der Waals surface area (Å²) < 4.78 is 2.24. The second kappa shape index (κ2) is 4.67. The first-order valence-corrected chi connectivity index (χ1v) is 5.77. The topological polar surface area (TPSA) is 61.0 Å². The Morgan fingerprint density at radius 1 is 1.53 bits per heavy atom. The van der Waals surface area contributed by atoms with Crippen LogP contribution in [-0.2, 0) is 6.54 Å². The largest absolute Gasteiger partial charge is 0.283 e. The number of nitro benzene ring substituents is 1. The fraction of sp³-hybridized carbons (Fsp3) is 0.182. The van der Waals surface area contributed by atoms with Crippen molar-refractivity contribution < 1.29 is 4.92 Å². The smallest absolute Gasteiger partial charge is 0.268 e. The van der Waals surface area contributed by atoms with E-state index in [0.29, 0.717) is 11.0 Å². The second-order valence-electron chi connectivity index (χ2n) is 3.76. The van der Waals surface area contributed by atoms with Crippen molar-refractivity contribution in [1.29, 1.82) is 0 Å². The number of hydrogen-bond donors (Lipinski definition) is 0. The van der Waals surface area contributed by atoms with Gasteiger partial charge in [-0.25, -0.2) is 0 Å². The monoisotopic (exact) mass is 295 g/mol. The van der Waals surface area contributed by atoms with Gasteiger partial charge in [0.25, 0.3) is 5.69 Å². The van der Waals surface area contributed by atoms with Crippen LogP contribution >= 0.6 is 15.9 Å². The van der Waals surface area contributed by atoms with Crippen LogP contribution in [-0.4, -0.2) is 14.7 Å². The van der Waals surface area contributed by atoms with Crippen LogP contribution in [0.4, 0.5) is 5.69 Å². The average Bonchev–Trinajstić information content (AvgIpc) is 2.66. The van der Waals surface area contributed by atoms with E-state index in [1.54, 1.807) is 23.0 Å². The molecule has 0 amide bonds. The Morgan fingerprint density at radius 2 is 2.29 bits per heavy atom. The second-order valence-corrected chi connectivity index (χ2v) is 4.61. The maximum Gasteiger partial charge on any atom is 0.283 e. The van der Waals surface area contributed by atoms with Crippen molar-refractivity contribution in [3.63, 3.8) is 0 Å². The number of nitro groups is 1. The minimum atomic E-state index is -0.401. The summed E-state index contributed by atoms with van der Waals surface area (Å²) in [6.07, 6.45) is 3.65. The van der Waals surface area contributed by atoms with Gasteiger partial charge in [0.1, 0.15) is 0 Å². The molecule has 0 N–H and O–H groups in total. The summed E-state index contributed by atoms with van der Waals surface area (Å²) in [6.45, 7) is 2.48. The minimum absolute atomic E-state index is 0.0754. The Kier molecular flexibility index (Phi) is 3.23. The third-order valence-electron chi connectivity index (χ3n) is 2.31. The molecule has 0 spiro atoms. The minimum Gasteiger partial charge on any atom is -0.268 e. The molecule has 1 heterocycles. The summed E-state index contributed by atoms with van der Waals surface area (Å²) in [4.78, 5) is 10.4. The molecule has 1 aromatic heterocycles. The van der Waals surface area contributed by atoms with Gasteiger partial charge < -0.3 is 0 Å². The molecular weight excluding hydrogens is 286 g/mol. The standard InChI is InChI=1S/C11H10BrN3O2/c1-8-5-13-14(6-8)7-9-2-3-10(12)11(4-9)15(16)17/h2-6H,7H2,1H3. The van der Waals surface area contributed by atoms with Crippen LogP contribution in [0.5, 0.6) is 0 Å². The highest BCUT2D eigenvalue weighted by molar-refractivity contribution is 9.10. The molecule has 0 saturated heterocycles. The van der Waals surface area contributed by atoms with E-state index in [-0.39, 0.29) is 5.69 Å². The lowest BCUT2D eigenvalue weighted by Crippen LogP contribution is -2.01. The Bertz CT molecular complexity index is 566. The van der Waals surface area contributed by atoms with Gasteiger partial charge in [-0.15, -0.1) is 0 Å². The molecule has 2 aromatic rings. The highest BCUT2D eigenvalue weighted by Crippen LogP contribution is 2.25. The molecule has 0 saturated carbocycles. The molecular formula is C11H10BrN3O2. The van der Waals surface area contributed by atoms with Gasteiger partial charge in [0.2, 0.25) is 0 Å². The van der Waals surface area contributed by atoms with E-state index in [9.17, 15) is 10.1 Å². The van der Waals surface area contributed by atoms with Gasteiger partial charge in [0, 0.05) is 12.3 Å². The van der Waals surface area contributed by atoms with Crippen LogP contribution in [0.15, 0.2) is 35.1 Å². The fourth-order valence-electron chi connectivity index (χ4n) is 1.54. The first-order valence-electron chi connectivity index (χ1n) is 4.98. The molecule has 0 aliphatic heterocycles. The van der Waals surface area contributed by atoms with Crippen LogP contribution in [0.25, 0.3) is 0 Å². The van der Waals surface area contributed by atoms with E-state index in [1.165, 1.54) is 0 Å².